The van der Waals surface area contributed by atoms with Crippen LogP contribution < -0.4 is 11.1 Å². The van der Waals surface area contributed by atoms with Crippen molar-refractivity contribution in [1.29, 1.82) is 0 Å². The first-order valence-corrected chi connectivity index (χ1v) is 5.98. The van der Waals surface area contributed by atoms with Gasteiger partial charge in [-0.2, -0.15) is 0 Å². The number of imidazole rings is 1. The fraction of sp³-hybridized carbons (Fsp3) is 0.500. The second kappa shape index (κ2) is 5.14. The summed E-state index contributed by atoms with van der Waals surface area (Å²) < 4.78 is 1.99. The second-order valence-electron chi connectivity index (χ2n) is 4.27. The highest BCUT2D eigenvalue weighted by molar-refractivity contribution is 5.85. The smallest absolute Gasteiger partial charge is 0.154 e. The molecule has 2 heterocycles. The minimum atomic E-state index is 0.255. The fourth-order valence-corrected chi connectivity index (χ4v) is 1.77. The van der Waals surface area contributed by atoms with E-state index in [-0.39, 0.29) is 6.04 Å². The van der Waals surface area contributed by atoms with Gasteiger partial charge in [0.05, 0.1) is 11.8 Å². The zero-order chi connectivity index (χ0) is 12.3. The van der Waals surface area contributed by atoms with E-state index in [0.29, 0.717) is 0 Å². The van der Waals surface area contributed by atoms with Crippen molar-refractivity contribution in [2.75, 3.05) is 11.9 Å². The van der Waals surface area contributed by atoms with Crippen LogP contribution in [0.3, 0.4) is 0 Å². The SMILES string of the molecule is CCC(N)CCNc1nccc2c1ncn2C. The van der Waals surface area contributed by atoms with Crippen molar-refractivity contribution in [2.24, 2.45) is 12.8 Å². The highest BCUT2D eigenvalue weighted by Crippen LogP contribution is 2.18. The Hall–Kier alpha value is -1.62. The van der Waals surface area contributed by atoms with Crippen LogP contribution >= 0.6 is 0 Å². The van der Waals surface area contributed by atoms with E-state index < -0.39 is 0 Å². The van der Waals surface area contributed by atoms with Gasteiger partial charge < -0.3 is 15.6 Å². The molecule has 0 aromatic carbocycles. The number of pyridine rings is 1. The molecule has 0 amide bonds. The Balaban J connectivity index is 2.08. The molecule has 0 fully saturated rings. The Kier molecular flexibility index (Phi) is 3.58. The van der Waals surface area contributed by atoms with E-state index in [9.17, 15) is 0 Å². The molecule has 0 aliphatic rings. The second-order valence-corrected chi connectivity index (χ2v) is 4.27. The Morgan fingerprint density at radius 1 is 1.47 bits per heavy atom. The molecule has 0 radical (unpaired) electrons. The number of anilines is 1. The van der Waals surface area contributed by atoms with Gasteiger partial charge in [-0.05, 0) is 18.9 Å². The number of nitrogens with one attached hydrogen (secondary N) is 1. The summed E-state index contributed by atoms with van der Waals surface area (Å²) in [6, 6.07) is 2.22. The van der Waals surface area contributed by atoms with Crippen LogP contribution in [0.1, 0.15) is 19.8 Å². The third-order valence-corrected chi connectivity index (χ3v) is 2.97. The standard InChI is InChI=1S/C12H19N5/c1-3-9(13)4-6-14-12-11-10(5-7-15-12)17(2)8-16-11/h5,7-9H,3-4,6,13H2,1-2H3,(H,14,15). The summed E-state index contributed by atoms with van der Waals surface area (Å²) in [6.45, 7) is 2.93. The van der Waals surface area contributed by atoms with E-state index in [4.69, 9.17) is 5.73 Å². The maximum Gasteiger partial charge on any atom is 0.154 e. The molecular weight excluding hydrogens is 214 g/mol. The van der Waals surface area contributed by atoms with Crippen LogP contribution in [0.25, 0.3) is 11.0 Å². The summed E-state index contributed by atoms with van der Waals surface area (Å²) in [5, 5.41) is 3.30. The number of aromatic nitrogens is 3. The van der Waals surface area contributed by atoms with Crippen LogP contribution in [0.15, 0.2) is 18.6 Å². The lowest BCUT2D eigenvalue weighted by Crippen LogP contribution is -2.22. The first-order valence-electron chi connectivity index (χ1n) is 5.98. The molecule has 0 aliphatic heterocycles. The van der Waals surface area contributed by atoms with Gasteiger partial charge in [0.2, 0.25) is 0 Å². The number of aryl methyl sites for hydroxylation is 1. The molecule has 0 saturated carbocycles. The normalized spacial score (nSPS) is 12.9. The highest BCUT2D eigenvalue weighted by atomic mass is 15.1. The van der Waals surface area contributed by atoms with E-state index >= 15 is 0 Å². The topological polar surface area (TPSA) is 68.8 Å². The van der Waals surface area contributed by atoms with Gasteiger partial charge >= 0.3 is 0 Å². The zero-order valence-electron chi connectivity index (χ0n) is 10.3. The van der Waals surface area contributed by atoms with E-state index in [1.165, 1.54) is 0 Å². The summed E-state index contributed by atoms with van der Waals surface area (Å²) in [6.07, 6.45) is 5.55. The molecule has 5 nitrogen and oxygen atoms in total. The first kappa shape index (κ1) is 11.9. The van der Waals surface area contributed by atoms with Gasteiger partial charge in [0.25, 0.3) is 0 Å². The van der Waals surface area contributed by atoms with Crippen molar-refractivity contribution in [1.82, 2.24) is 14.5 Å². The summed E-state index contributed by atoms with van der Waals surface area (Å²) in [7, 11) is 1.98. The van der Waals surface area contributed by atoms with Crippen molar-refractivity contribution in [3.05, 3.63) is 18.6 Å². The molecule has 0 spiro atoms. The molecule has 1 unspecified atom stereocenters. The van der Waals surface area contributed by atoms with Crippen LogP contribution in [-0.4, -0.2) is 27.1 Å². The molecule has 2 aromatic rings. The Bertz CT molecular complexity index is 491. The van der Waals surface area contributed by atoms with E-state index in [1.807, 2.05) is 17.7 Å². The number of hydrogen-bond donors (Lipinski definition) is 2. The van der Waals surface area contributed by atoms with Gasteiger partial charge in [-0.1, -0.05) is 6.92 Å². The summed E-state index contributed by atoms with van der Waals surface area (Å²) >= 11 is 0. The quantitative estimate of drug-likeness (QED) is 0.821. The average Bonchev–Trinajstić information content (AvgIpc) is 2.72. The summed E-state index contributed by atoms with van der Waals surface area (Å²) in [4.78, 5) is 8.66. The predicted molar refractivity (Wildman–Crippen MR) is 69.9 cm³/mol. The van der Waals surface area contributed by atoms with Gasteiger partial charge in [0.15, 0.2) is 5.82 Å². The van der Waals surface area contributed by atoms with Crippen molar-refractivity contribution in [3.63, 3.8) is 0 Å². The molecule has 0 saturated heterocycles. The molecular formula is C12H19N5. The fourth-order valence-electron chi connectivity index (χ4n) is 1.77. The summed E-state index contributed by atoms with van der Waals surface area (Å²) in [5.74, 6) is 0.839. The van der Waals surface area contributed by atoms with Crippen LogP contribution in [0.5, 0.6) is 0 Å². The molecule has 2 rings (SSSR count). The van der Waals surface area contributed by atoms with Crippen LogP contribution in [0.2, 0.25) is 0 Å². The number of hydrogen-bond acceptors (Lipinski definition) is 4. The predicted octanol–water partition coefficient (Wildman–Crippen LogP) is 1.51. The van der Waals surface area contributed by atoms with E-state index in [0.717, 1.165) is 36.2 Å². The van der Waals surface area contributed by atoms with E-state index in [2.05, 4.69) is 22.2 Å². The molecule has 3 N–H and O–H groups in total. The van der Waals surface area contributed by atoms with E-state index in [1.54, 1.807) is 12.5 Å². The lowest BCUT2D eigenvalue weighted by atomic mass is 10.2. The Morgan fingerprint density at radius 2 is 2.29 bits per heavy atom. The molecule has 2 aromatic heterocycles. The molecule has 0 aliphatic carbocycles. The minimum Gasteiger partial charge on any atom is -0.368 e. The lowest BCUT2D eigenvalue weighted by Gasteiger charge is -2.10. The number of rotatable bonds is 5. The Morgan fingerprint density at radius 3 is 3.06 bits per heavy atom. The number of fused-ring (bicyclic) bond motifs is 1. The van der Waals surface area contributed by atoms with Crippen molar-refractivity contribution in [3.8, 4) is 0 Å². The monoisotopic (exact) mass is 233 g/mol. The molecule has 5 heteroatoms. The first-order chi connectivity index (χ1) is 8.22. The lowest BCUT2D eigenvalue weighted by molar-refractivity contribution is 0.613. The number of nitrogens with zero attached hydrogens (tertiary/aromatic N) is 3. The molecule has 92 valence electrons. The van der Waals surface area contributed by atoms with Crippen molar-refractivity contribution in [2.45, 2.75) is 25.8 Å². The van der Waals surface area contributed by atoms with Crippen LogP contribution in [0, 0.1) is 0 Å². The van der Waals surface area contributed by atoms with Gasteiger partial charge in [-0.25, -0.2) is 9.97 Å². The largest absolute Gasteiger partial charge is 0.368 e. The average molecular weight is 233 g/mol. The van der Waals surface area contributed by atoms with Gasteiger partial charge in [-0.3, -0.25) is 0 Å². The van der Waals surface area contributed by atoms with Gasteiger partial charge in [0.1, 0.15) is 5.52 Å². The minimum absolute atomic E-state index is 0.255. The molecule has 17 heavy (non-hydrogen) atoms. The van der Waals surface area contributed by atoms with Gasteiger partial charge in [0, 0.05) is 25.8 Å². The third kappa shape index (κ3) is 2.55. The third-order valence-electron chi connectivity index (χ3n) is 2.97. The van der Waals surface area contributed by atoms with Crippen molar-refractivity contribution >= 4 is 16.9 Å². The maximum absolute atomic E-state index is 5.87. The summed E-state index contributed by atoms with van der Waals surface area (Å²) in [5.41, 5.74) is 7.88. The van der Waals surface area contributed by atoms with Crippen LogP contribution in [-0.2, 0) is 7.05 Å². The number of nitrogens with two attached hydrogens (primary N) is 1. The molecule has 1 atom stereocenters. The van der Waals surface area contributed by atoms with Crippen molar-refractivity contribution < 1.29 is 0 Å². The zero-order valence-corrected chi connectivity index (χ0v) is 10.3. The highest BCUT2D eigenvalue weighted by Gasteiger charge is 2.06. The van der Waals surface area contributed by atoms with Gasteiger partial charge in [-0.15, -0.1) is 0 Å². The Labute approximate surface area is 101 Å². The van der Waals surface area contributed by atoms with Crippen LogP contribution in [0.4, 0.5) is 5.82 Å². The molecule has 0 bridgehead atoms. The maximum atomic E-state index is 5.87.